The molecule has 104 valence electrons. The van der Waals surface area contributed by atoms with Crippen molar-refractivity contribution in [1.29, 1.82) is 0 Å². The summed E-state index contributed by atoms with van der Waals surface area (Å²) in [6.07, 6.45) is 2.93. The van der Waals surface area contributed by atoms with Crippen molar-refractivity contribution in [3.63, 3.8) is 0 Å². The summed E-state index contributed by atoms with van der Waals surface area (Å²) in [7, 11) is 0. The van der Waals surface area contributed by atoms with Gasteiger partial charge in [0.25, 0.3) is 0 Å². The van der Waals surface area contributed by atoms with Gasteiger partial charge in [0, 0.05) is 6.42 Å². The van der Waals surface area contributed by atoms with Gasteiger partial charge in [-0.2, -0.15) is 0 Å². The predicted octanol–water partition coefficient (Wildman–Crippen LogP) is 1.32. The number of ether oxygens (including phenoxy) is 1. The predicted molar refractivity (Wildman–Crippen MR) is 71.0 cm³/mol. The van der Waals surface area contributed by atoms with E-state index in [2.05, 4.69) is 5.32 Å². The molecule has 0 aromatic carbocycles. The number of piperidine rings is 1. The van der Waals surface area contributed by atoms with Crippen LogP contribution in [-0.2, 0) is 14.3 Å². The molecule has 0 aliphatic carbocycles. The molecule has 1 atom stereocenters. The van der Waals surface area contributed by atoms with Crippen LogP contribution in [0.1, 0.15) is 33.6 Å². The largest absolute Gasteiger partial charge is 0.490 e. The highest BCUT2D eigenvalue weighted by atomic mass is 16.5. The van der Waals surface area contributed by atoms with E-state index in [1.54, 1.807) is 0 Å². The van der Waals surface area contributed by atoms with Gasteiger partial charge in [-0.25, -0.2) is 0 Å². The van der Waals surface area contributed by atoms with E-state index in [0.29, 0.717) is 26.0 Å². The number of carbonyl (C=O) groups is 2. The van der Waals surface area contributed by atoms with Crippen molar-refractivity contribution in [2.75, 3.05) is 13.2 Å². The molecule has 5 nitrogen and oxygen atoms in total. The van der Waals surface area contributed by atoms with Crippen molar-refractivity contribution in [3.8, 4) is 0 Å². The summed E-state index contributed by atoms with van der Waals surface area (Å²) < 4.78 is 5.69. The molecule has 0 aromatic heterocycles. The third-order valence-electron chi connectivity index (χ3n) is 3.43. The van der Waals surface area contributed by atoms with E-state index in [0.717, 1.165) is 17.0 Å². The summed E-state index contributed by atoms with van der Waals surface area (Å²) in [6, 6.07) is -0.276. The lowest BCUT2D eigenvalue weighted by Crippen LogP contribution is -2.54. The Kier molecular flexibility index (Phi) is 3.93. The molecule has 0 aromatic rings. The number of carbonyl (C=O) groups excluding carboxylic acids is 2. The Hall–Kier alpha value is -1.78. The molecule has 1 N–H and O–H groups in total. The van der Waals surface area contributed by atoms with Gasteiger partial charge in [0.15, 0.2) is 0 Å². The van der Waals surface area contributed by atoms with Crippen molar-refractivity contribution in [2.24, 2.45) is 0 Å². The van der Waals surface area contributed by atoms with E-state index < -0.39 is 0 Å². The summed E-state index contributed by atoms with van der Waals surface area (Å²) in [4.78, 5) is 25.3. The molecule has 5 heteroatoms. The minimum absolute atomic E-state index is 0.182. The maximum absolute atomic E-state index is 12.0. The Labute approximate surface area is 113 Å². The number of hydrogen-bond donors (Lipinski definition) is 1. The lowest BCUT2D eigenvalue weighted by molar-refractivity contribution is -0.137. The van der Waals surface area contributed by atoms with Gasteiger partial charge in [-0.1, -0.05) is 6.08 Å². The SMILES string of the molecule is C/C=C1\C(=C(C)C)OCCN1C1CCC(=O)NC1=O. The maximum atomic E-state index is 12.0. The van der Waals surface area contributed by atoms with Crippen molar-refractivity contribution in [1.82, 2.24) is 10.2 Å². The van der Waals surface area contributed by atoms with Gasteiger partial charge < -0.3 is 9.64 Å². The summed E-state index contributed by atoms with van der Waals surface area (Å²) in [5.74, 6) is 0.461. The minimum atomic E-state index is -0.276. The van der Waals surface area contributed by atoms with Crippen LogP contribution in [0.25, 0.3) is 0 Å². The van der Waals surface area contributed by atoms with Crippen LogP contribution in [0.4, 0.5) is 0 Å². The number of allylic oxidation sites excluding steroid dienone is 2. The molecule has 2 heterocycles. The molecule has 2 aliphatic heterocycles. The van der Waals surface area contributed by atoms with E-state index >= 15 is 0 Å². The number of amides is 2. The van der Waals surface area contributed by atoms with Gasteiger partial charge in [0.05, 0.1) is 12.2 Å². The van der Waals surface area contributed by atoms with Gasteiger partial charge in [0.1, 0.15) is 18.4 Å². The van der Waals surface area contributed by atoms with Crippen molar-refractivity contribution in [3.05, 3.63) is 23.1 Å². The van der Waals surface area contributed by atoms with Crippen molar-refractivity contribution in [2.45, 2.75) is 39.7 Å². The van der Waals surface area contributed by atoms with E-state index in [9.17, 15) is 9.59 Å². The van der Waals surface area contributed by atoms with Gasteiger partial charge in [-0.15, -0.1) is 0 Å². The highest BCUT2D eigenvalue weighted by Crippen LogP contribution is 2.28. The molecule has 0 radical (unpaired) electrons. The van der Waals surface area contributed by atoms with Crippen LogP contribution < -0.4 is 5.32 Å². The Morgan fingerprint density at radius 1 is 1.42 bits per heavy atom. The second-order valence-corrected chi connectivity index (χ2v) is 5.01. The first-order valence-corrected chi connectivity index (χ1v) is 6.62. The molecule has 2 rings (SSSR count). The Morgan fingerprint density at radius 2 is 2.16 bits per heavy atom. The van der Waals surface area contributed by atoms with Crippen LogP contribution in [0.3, 0.4) is 0 Å². The van der Waals surface area contributed by atoms with E-state index in [4.69, 9.17) is 4.74 Å². The van der Waals surface area contributed by atoms with Crippen LogP contribution in [-0.4, -0.2) is 35.9 Å². The fourth-order valence-electron chi connectivity index (χ4n) is 2.57. The van der Waals surface area contributed by atoms with E-state index in [1.165, 1.54) is 0 Å². The first-order chi connectivity index (χ1) is 9.04. The molecule has 2 aliphatic rings. The smallest absolute Gasteiger partial charge is 0.249 e. The normalized spacial score (nSPS) is 26.3. The van der Waals surface area contributed by atoms with Crippen LogP contribution >= 0.6 is 0 Å². The zero-order valence-corrected chi connectivity index (χ0v) is 11.7. The minimum Gasteiger partial charge on any atom is -0.490 e. The zero-order valence-electron chi connectivity index (χ0n) is 11.7. The van der Waals surface area contributed by atoms with Gasteiger partial charge in [-0.3, -0.25) is 14.9 Å². The van der Waals surface area contributed by atoms with E-state index in [-0.39, 0.29) is 17.9 Å². The molecule has 0 spiro atoms. The second-order valence-electron chi connectivity index (χ2n) is 5.01. The molecule has 0 saturated carbocycles. The summed E-state index contributed by atoms with van der Waals surface area (Å²) in [6.45, 7) is 7.16. The molecule has 0 bridgehead atoms. The first-order valence-electron chi connectivity index (χ1n) is 6.62. The number of morpholine rings is 1. The van der Waals surface area contributed by atoms with Crippen molar-refractivity contribution >= 4 is 11.8 Å². The quantitative estimate of drug-likeness (QED) is 0.726. The number of imide groups is 1. The summed E-state index contributed by atoms with van der Waals surface area (Å²) in [5.41, 5.74) is 2.03. The third kappa shape index (κ3) is 2.64. The van der Waals surface area contributed by atoms with Gasteiger partial charge >= 0.3 is 0 Å². The maximum Gasteiger partial charge on any atom is 0.249 e. The lowest BCUT2D eigenvalue weighted by Gasteiger charge is -2.40. The number of nitrogens with zero attached hydrogens (tertiary/aromatic N) is 1. The van der Waals surface area contributed by atoms with Crippen LogP contribution in [0.5, 0.6) is 0 Å². The number of rotatable bonds is 1. The monoisotopic (exact) mass is 264 g/mol. The van der Waals surface area contributed by atoms with Crippen LogP contribution in [0, 0.1) is 0 Å². The van der Waals surface area contributed by atoms with Gasteiger partial charge in [0.2, 0.25) is 11.8 Å². The zero-order chi connectivity index (χ0) is 14.0. The third-order valence-corrected chi connectivity index (χ3v) is 3.43. The molecule has 2 fully saturated rings. The number of nitrogens with one attached hydrogen (secondary N) is 1. The fourth-order valence-corrected chi connectivity index (χ4v) is 2.57. The van der Waals surface area contributed by atoms with Crippen molar-refractivity contribution < 1.29 is 14.3 Å². The van der Waals surface area contributed by atoms with E-state index in [1.807, 2.05) is 31.7 Å². The highest BCUT2D eigenvalue weighted by molar-refractivity contribution is 6.00. The first kappa shape index (κ1) is 13.6. The van der Waals surface area contributed by atoms with Crippen LogP contribution in [0.15, 0.2) is 23.1 Å². The molecule has 19 heavy (non-hydrogen) atoms. The molecular formula is C14H20N2O3. The topological polar surface area (TPSA) is 58.6 Å². The van der Waals surface area contributed by atoms with Crippen LogP contribution in [0.2, 0.25) is 0 Å². The molecule has 1 unspecified atom stereocenters. The van der Waals surface area contributed by atoms with Gasteiger partial charge in [-0.05, 0) is 32.8 Å². The average molecular weight is 264 g/mol. The highest BCUT2D eigenvalue weighted by Gasteiger charge is 2.35. The Morgan fingerprint density at radius 3 is 2.74 bits per heavy atom. The summed E-state index contributed by atoms with van der Waals surface area (Å²) in [5, 5.41) is 2.41. The number of hydrogen-bond acceptors (Lipinski definition) is 4. The summed E-state index contributed by atoms with van der Waals surface area (Å²) >= 11 is 0. The molecule has 2 saturated heterocycles. The lowest BCUT2D eigenvalue weighted by atomic mass is 10.0. The molecule has 2 amide bonds. The Balaban J connectivity index is 2.26. The second kappa shape index (κ2) is 5.47. The molecular weight excluding hydrogens is 244 g/mol. The Bertz CT molecular complexity index is 461. The standard InChI is InChI=1S/C14H20N2O3/c1-4-10-13(9(2)3)19-8-7-16(10)11-5-6-12(17)15-14(11)18/h4,11H,5-8H2,1-3H3,(H,15,17,18)/b10-4+. The fraction of sp³-hybridized carbons (Fsp3) is 0.571. The average Bonchev–Trinajstić information content (AvgIpc) is 2.37.